The summed E-state index contributed by atoms with van der Waals surface area (Å²) >= 11 is 0. The SMILES string of the molecule is COc1nc(N)nc(Oc2ccc(C)cc2C)n1. The number of methoxy groups -OCH3 is 1. The van der Waals surface area contributed by atoms with E-state index in [0.29, 0.717) is 5.75 Å². The van der Waals surface area contributed by atoms with Crippen molar-refractivity contribution in [2.75, 3.05) is 12.8 Å². The average Bonchev–Trinajstić information content (AvgIpc) is 2.32. The second kappa shape index (κ2) is 4.87. The second-order valence-electron chi connectivity index (χ2n) is 3.83. The molecular weight excluding hydrogens is 232 g/mol. The lowest BCUT2D eigenvalue weighted by molar-refractivity contribution is 0.360. The first-order valence-corrected chi connectivity index (χ1v) is 5.39. The van der Waals surface area contributed by atoms with Crippen molar-refractivity contribution in [2.45, 2.75) is 13.8 Å². The first-order chi connectivity index (χ1) is 8.58. The smallest absolute Gasteiger partial charge is 0.330 e. The van der Waals surface area contributed by atoms with Gasteiger partial charge in [0.1, 0.15) is 5.75 Å². The van der Waals surface area contributed by atoms with E-state index in [1.54, 1.807) is 0 Å². The van der Waals surface area contributed by atoms with Crippen molar-refractivity contribution in [3.8, 4) is 17.8 Å². The minimum Gasteiger partial charge on any atom is -0.467 e. The van der Waals surface area contributed by atoms with E-state index < -0.39 is 0 Å². The second-order valence-corrected chi connectivity index (χ2v) is 3.83. The number of anilines is 1. The number of benzene rings is 1. The predicted octanol–water partition coefficient (Wildman–Crippen LogP) is 1.87. The zero-order valence-corrected chi connectivity index (χ0v) is 10.5. The van der Waals surface area contributed by atoms with Gasteiger partial charge in [-0.25, -0.2) is 0 Å². The first kappa shape index (κ1) is 12.1. The van der Waals surface area contributed by atoms with Crippen LogP contribution in [0, 0.1) is 13.8 Å². The minimum atomic E-state index is 0.0571. The number of aromatic nitrogens is 3. The molecule has 0 aliphatic carbocycles. The van der Waals surface area contributed by atoms with Crippen LogP contribution in [0.5, 0.6) is 17.8 Å². The highest BCUT2D eigenvalue weighted by Crippen LogP contribution is 2.24. The molecule has 1 aromatic heterocycles. The molecule has 1 heterocycles. The van der Waals surface area contributed by atoms with Crippen LogP contribution < -0.4 is 15.2 Å². The maximum atomic E-state index is 5.57. The molecule has 18 heavy (non-hydrogen) atoms. The number of rotatable bonds is 3. The van der Waals surface area contributed by atoms with E-state index in [9.17, 15) is 0 Å². The molecule has 0 fully saturated rings. The van der Waals surface area contributed by atoms with E-state index in [1.807, 2.05) is 32.0 Å². The fraction of sp³-hybridized carbons (Fsp3) is 0.250. The highest BCUT2D eigenvalue weighted by atomic mass is 16.5. The molecule has 0 saturated carbocycles. The van der Waals surface area contributed by atoms with Gasteiger partial charge in [0.2, 0.25) is 5.95 Å². The van der Waals surface area contributed by atoms with Crippen LogP contribution in [0.2, 0.25) is 0 Å². The van der Waals surface area contributed by atoms with Gasteiger partial charge in [-0.05, 0) is 25.5 Å². The number of hydrogen-bond acceptors (Lipinski definition) is 6. The molecule has 1 aromatic carbocycles. The van der Waals surface area contributed by atoms with Crippen molar-refractivity contribution in [1.82, 2.24) is 15.0 Å². The number of nitrogens with two attached hydrogens (primary N) is 1. The van der Waals surface area contributed by atoms with Crippen LogP contribution in [0.4, 0.5) is 5.95 Å². The van der Waals surface area contributed by atoms with Gasteiger partial charge in [0.05, 0.1) is 7.11 Å². The monoisotopic (exact) mass is 246 g/mol. The van der Waals surface area contributed by atoms with Gasteiger partial charge in [-0.3, -0.25) is 0 Å². The molecule has 0 unspecified atom stereocenters. The Hall–Kier alpha value is -2.37. The average molecular weight is 246 g/mol. The maximum absolute atomic E-state index is 5.57. The third-order valence-electron chi connectivity index (χ3n) is 2.33. The van der Waals surface area contributed by atoms with Crippen LogP contribution in [0.3, 0.4) is 0 Å². The topological polar surface area (TPSA) is 83.2 Å². The molecule has 2 aromatic rings. The minimum absolute atomic E-state index is 0.0571. The Morgan fingerprint density at radius 3 is 2.44 bits per heavy atom. The lowest BCUT2D eigenvalue weighted by Crippen LogP contribution is -2.03. The van der Waals surface area contributed by atoms with Crippen molar-refractivity contribution < 1.29 is 9.47 Å². The van der Waals surface area contributed by atoms with Gasteiger partial charge in [-0.15, -0.1) is 4.98 Å². The standard InChI is InChI=1S/C12H14N4O2/c1-7-4-5-9(8(2)6-7)18-12-15-10(13)14-11(16-12)17-3/h4-6H,1-3H3,(H2,13,14,15,16). The number of ether oxygens (including phenoxy) is 2. The van der Waals surface area contributed by atoms with Crippen LogP contribution >= 0.6 is 0 Å². The molecule has 0 aliphatic rings. The van der Waals surface area contributed by atoms with E-state index >= 15 is 0 Å². The molecule has 94 valence electrons. The van der Waals surface area contributed by atoms with Crippen molar-refractivity contribution in [2.24, 2.45) is 0 Å². The number of hydrogen-bond donors (Lipinski definition) is 1. The molecule has 0 radical (unpaired) electrons. The van der Waals surface area contributed by atoms with Gasteiger partial charge >= 0.3 is 12.0 Å². The Morgan fingerprint density at radius 1 is 1.06 bits per heavy atom. The van der Waals surface area contributed by atoms with Crippen molar-refractivity contribution >= 4 is 5.95 Å². The number of nitrogen functional groups attached to an aromatic ring is 1. The zero-order valence-electron chi connectivity index (χ0n) is 10.5. The summed E-state index contributed by atoms with van der Waals surface area (Å²) in [5.41, 5.74) is 7.68. The summed E-state index contributed by atoms with van der Waals surface area (Å²) in [6.07, 6.45) is 0. The Labute approximate surface area is 105 Å². The first-order valence-electron chi connectivity index (χ1n) is 5.39. The molecule has 2 N–H and O–H groups in total. The molecular formula is C12H14N4O2. The summed E-state index contributed by atoms with van der Waals surface area (Å²) in [5.74, 6) is 0.731. The normalized spacial score (nSPS) is 10.2. The van der Waals surface area contributed by atoms with Crippen LogP contribution in [-0.4, -0.2) is 22.1 Å². The summed E-state index contributed by atoms with van der Waals surface area (Å²) in [6.45, 7) is 3.96. The molecule has 0 aliphatic heterocycles. The highest BCUT2D eigenvalue weighted by molar-refractivity contribution is 5.37. The Morgan fingerprint density at radius 2 is 1.78 bits per heavy atom. The van der Waals surface area contributed by atoms with E-state index in [-0.39, 0.29) is 18.0 Å². The molecule has 6 heteroatoms. The van der Waals surface area contributed by atoms with Gasteiger partial charge in [-0.2, -0.15) is 9.97 Å². The maximum Gasteiger partial charge on any atom is 0.330 e. The highest BCUT2D eigenvalue weighted by Gasteiger charge is 2.08. The Balaban J connectivity index is 2.30. The number of aryl methyl sites for hydroxylation is 2. The predicted molar refractivity (Wildman–Crippen MR) is 66.8 cm³/mol. The molecule has 0 atom stereocenters. The largest absolute Gasteiger partial charge is 0.467 e. The molecule has 2 rings (SSSR count). The van der Waals surface area contributed by atoms with Gasteiger partial charge in [-0.1, -0.05) is 17.7 Å². The van der Waals surface area contributed by atoms with Crippen LogP contribution in [-0.2, 0) is 0 Å². The quantitative estimate of drug-likeness (QED) is 0.890. The molecule has 6 nitrogen and oxygen atoms in total. The lowest BCUT2D eigenvalue weighted by atomic mass is 10.1. The van der Waals surface area contributed by atoms with Gasteiger partial charge in [0, 0.05) is 0 Å². The summed E-state index contributed by atoms with van der Waals surface area (Å²) in [5, 5.41) is 0. The van der Waals surface area contributed by atoms with Gasteiger partial charge in [0.25, 0.3) is 0 Å². The van der Waals surface area contributed by atoms with Crippen LogP contribution in [0.25, 0.3) is 0 Å². The van der Waals surface area contributed by atoms with E-state index in [4.69, 9.17) is 15.2 Å². The third-order valence-corrected chi connectivity index (χ3v) is 2.33. The fourth-order valence-corrected chi connectivity index (χ4v) is 1.50. The van der Waals surface area contributed by atoms with Gasteiger partial charge in [0.15, 0.2) is 0 Å². The fourth-order valence-electron chi connectivity index (χ4n) is 1.50. The Kier molecular flexibility index (Phi) is 3.27. The Bertz CT molecular complexity index is 572. The third kappa shape index (κ3) is 2.65. The zero-order chi connectivity index (χ0) is 13.1. The molecule has 0 bridgehead atoms. The van der Waals surface area contributed by atoms with Crippen LogP contribution in [0.15, 0.2) is 18.2 Å². The van der Waals surface area contributed by atoms with E-state index in [1.165, 1.54) is 7.11 Å². The summed E-state index contributed by atoms with van der Waals surface area (Å²) < 4.78 is 10.5. The van der Waals surface area contributed by atoms with Crippen molar-refractivity contribution in [1.29, 1.82) is 0 Å². The molecule has 0 saturated heterocycles. The van der Waals surface area contributed by atoms with E-state index in [2.05, 4.69) is 15.0 Å². The van der Waals surface area contributed by atoms with Crippen molar-refractivity contribution in [3.63, 3.8) is 0 Å². The van der Waals surface area contributed by atoms with Crippen LogP contribution in [0.1, 0.15) is 11.1 Å². The summed E-state index contributed by atoms with van der Waals surface area (Å²) in [4.78, 5) is 11.6. The number of nitrogens with zero attached hydrogens (tertiary/aromatic N) is 3. The summed E-state index contributed by atoms with van der Waals surface area (Å²) in [7, 11) is 1.45. The summed E-state index contributed by atoms with van der Waals surface area (Å²) in [6, 6.07) is 6.06. The molecule has 0 amide bonds. The lowest BCUT2D eigenvalue weighted by Gasteiger charge is -2.08. The van der Waals surface area contributed by atoms with E-state index in [0.717, 1.165) is 11.1 Å². The van der Waals surface area contributed by atoms with Gasteiger partial charge < -0.3 is 15.2 Å². The van der Waals surface area contributed by atoms with Crippen molar-refractivity contribution in [3.05, 3.63) is 29.3 Å². The molecule has 0 spiro atoms.